The third-order valence-electron chi connectivity index (χ3n) is 4.32. The summed E-state index contributed by atoms with van der Waals surface area (Å²) in [5, 5.41) is 11.1. The number of thioether (sulfide) groups is 1. The molecule has 164 valence electrons. The summed E-state index contributed by atoms with van der Waals surface area (Å²) in [4.78, 5) is 12.9. The molecule has 1 aromatic heterocycles. The second-order valence-corrected chi connectivity index (χ2v) is 11.1. The first-order chi connectivity index (χ1) is 14.8. The molecule has 0 spiro atoms. The van der Waals surface area contributed by atoms with Crippen LogP contribution in [0.5, 0.6) is 0 Å². The van der Waals surface area contributed by atoms with E-state index < -0.39 is 15.9 Å². The Labute approximate surface area is 191 Å². The average molecular weight is 477 g/mol. The van der Waals surface area contributed by atoms with Gasteiger partial charge >= 0.3 is 0 Å². The molecule has 0 aliphatic carbocycles. The maximum absolute atomic E-state index is 13.4. The lowest BCUT2D eigenvalue weighted by molar-refractivity contribution is -0.114. The second kappa shape index (κ2) is 10.3. The number of nitrogens with one attached hydrogen (secondary N) is 1. The fraction of sp³-hybridized carbons (Fsp3) is 0.286. The van der Waals surface area contributed by atoms with Crippen LogP contribution in [-0.2, 0) is 14.8 Å². The van der Waals surface area contributed by atoms with E-state index in [0.29, 0.717) is 10.8 Å². The first kappa shape index (κ1) is 23.2. The van der Waals surface area contributed by atoms with Crippen LogP contribution < -0.4 is 9.62 Å². The number of rotatable bonds is 9. The number of anilines is 2. The first-order valence-electron chi connectivity index (χ1n) is 9.72. The predicted molar refractivity (Wildman–Crippen MR) is 126 cm³/mol. The zero-order chi connectivity index (χ0) is 22.4. The summed E-state index contributed by atoms with van der Waals surface area (Å²) < 4.78 is 28.7. The number of carbonyl (C=O) groups excluding carboxylic acids is 1. The minimum absolute atomic E-state index is 0.122. The molecule has 3 aromatic rings. The van der Waals surface area contributed by atoms with E-state index in [1.807, 2.05) is 26.0 Å². The first-order valence-corrected chi connectivity index (χ1v) is 13.0. The molecule has 0 atom stereocenters. The van der Waals surface area contributed by atoms with Crippen molar-refractivity contribution in [3.05, 3.63) is 59.7 Å². The van der Waals surface area contributed by atoms with Crippen molar-refractivity contribution >= 4 is 49.8 Å². The fourth-order valence-corrected chi connectivity index (χ4v) is 6.10. The van der Waals surface area contributed by atoms with Gasteiger partial charge in [-0.25, -0.2) is 8.42 Å². The van der Waals surface area contributed by atoms with Crippen molar-refractivity contribution in [2.45, 2.75) is 36.4 Å². The Morgan fingerprint density at radius 2 is 1.87 bits per heavy atom. The Hall–Kier alpha value is -2.43. The quantitative estimate of drug-likeness (QED) is 0.361. The van der Waals surface area contributed by atoms with E-state index in [4.69, 9.17) is 0 Å². The smallest absolute Gasteiger partial charge is 0.264 e. The molecule has 0 radical (unpaired) electrons. The van der Waals surface area contributed by atoms with Crippen molar-refractivity contribution < 1.29 is 13.2 Å². The SMILES string of the molecule is CCCSc1nnc(NC(=O)CN(c2ccc(C)cc2C)S(=O)(=O)c2ccccc2)s1. The van der Waals surface area contributed by atoms with Gasteiger partial charge < -0.3 is 0 Å². The van der Waals surface area contributed by atoms with Crippen LogP contribution in [-0.4, -0.2) is 36.8 Å². The average Bonchev–Trinajstić information content (AvgIpc) is 3.18. The van der Waals surface area contributed by atoms with Gasteiger partial charge in [0.1, 0.15) is 6.54 Å². The monoisotopic (exact) mass is 476 g/mol. The number of benzene rings is 2. The van der Waals surface area contributed by atoms with Crippen molar-refractivity contribution in [3.63, 3.8) is 0 Å². The molecule has 0 saturated carbocycles. The van der Waals surface area contributed by atoms with Crippen LogP contribution in [0.25, 0.3) is 0 Å². The number of aromatic nitrogens is 2. The summed E-state index contributed by atoms with van der Waals surface area (Å²) in [5.74, 6) is 0.431. The van der Waals surface area contributed by atoms with Crippen LogP contribution in [0.3, 0.4) is 0 Å². The summed E-state index contributed by atoms with van der Waals surface area (Å²) in [7, 11) is -3.95. The Morgan fingerprint density at radius 1 is 1.13 bits per heavy atom. The topological polar surface area (TPSA) is 92.3 Å². The zero-order valence-corrected chi connectivity index (χ0v) is 20.0. The molecule has 1 N–H and O–H groups in total. The molecule has 0 bridgehead atoms. The van der Waals surface area contributed by atoms with Gasteiger partial charge in [0, 0.05) is 5.75 Å². The number of hydrogen-bond donors (Lipinski definition) is 1. The van der Waals surface area contributed by atoms with Gasteiger partial charge in [0.2, 0.25) is 11.0 Å². The highest BCUT2D eigenvalue weighted by Crippen LogP contribution is 2.29. The normalized spacial score (nSPS) is 11.3. The molecule has 10 heteroatoms. The molecule has 0 aliphatic rings. The van der Waals surface area contributed by atoms with E-state index in [0.717, 1.165) is 31.9 Å². The van der Waals surface area contributed by atoms with Gasteiger partial charge in [-0.05, 0) is 44.0 Å². The molecule has 7 nitrogen and oxygen atoms in total. The molecule has 31 heavy (non-hydrogen) atoms. The summed E-state index contributed by atoms with van der Waals surface area (Å²) >= 11 is 2.85. The lowest BCUT2D eigenvalue weighted by Crippen LogP contribution is -2.38. The molecule has 0 saturated heterocycles. The summed E-state index contributed by atoms with van der Waals surface area (Å²) in [5.41, 5.74) is 2.23. The van der Waals surface area contributed by atoms with Crippen LogP contribution >= 0.6 is 23.1 Å². The number of aryl methyl sites for hydroxylation is 2. The molecule has 2 aromatic carbocycles. The lowest BCUT2D eigenvalue weighted by atomic mass is 10.1. The summed E-state index contributed by atoms with van der Waals surface area (Å²) in [6, 6.07) is 13.5. The number of amides is 1. The molecular weight excluding hydrogens is 452 g/mol. The summed E-state index contributed by atoms with van der Waals surface area (Å²) in [6.45, 7) is 5.46. The maximum Gasteiger partial charge on any atom is 0.264 e. The van der Waals surface area contributed by atoms with Crippen LogP contribution in [0, 0.1) is 13.8 Å². The highest BCUT2D eigenvalue weighted by atomic mass is 32.2. The molecular formula is C21H24N4O3S3. The van der Waals surface area contributed by atoms with Gasteiger partial charge in [0.25, 0.3) is 10.0 Å². The molecule has 0 unspecified atom stereocenters. The van der Waals surface area contributed by atoms with Gasteiger partial charge in [-0.15, -0.1) is 10.2 Å². The zero-order valence-electron chi connectivity index (χ0n) is 17.5. The van der Waals surface area contributed by atoms with E-state index in [-0.39, 0.29) is 11.4 Å². The highest BCUT2D eigenvalue weighted by Gasteiger charge is 2.28. The summed E-state index contributed by atoms with van der Waals surface area (Å²) in [6.07, 6.45) is 1.01. The highest BCUT2D eigenvalue weighted by molar-refractivity contribution is 8.01. The molecule has 0 aliphatic heterocycles. The largest absolute Gasteiger partial charge is 0.299 e. The van der Waals surface area contributed by atoms with Crippen molar-refractivity contribution in [1.82, 2.24) is 10.2 Å². The molecule has 1 heterocycles. The van der Waals surface area contributed by atoms with E-state index in [2.05, 4.69) is 22.4 Å². The van der Waals surface area contributed by atoms with E-state index in [9.17, 15) is 13.2 Å². The number of hydrogen-bond acceptors (Lipinski definition) is 7. The van der Waals surface area contributed by atoms with Gasteiger partial charge in [0.05, 0.1) is 10.6 Å². The Bertz CT molecular complexity index is 1150. The third-order valence-corrected chi connectivity index (χ3v) is 8.27. The number of sulfonamides is 1. The third kappa shape index (κ3) is 5.84. The van der Waals surface area contributed by atoms with E-state index >= 15 is 0 Å². The van der Waals surface area contributed by atoms with Crippen LogP contribution in [0.15, 0.2) is 57.8 Å². The minimum Gasteiger partial charge on any atom is -0.299 e. The molecule has 3 rings (SSSR count). The van der Waals surface area contributed by atoms with Crippen molar-refractivity contribution in [2.75, 3.05) is 21.9 Å². The van der Waals surface area contributed by atoms with Gasteiger partial charge in [0.15, 0.2) is 4.34 Å². The minimum atomic E-state index is -3.95. The number of carbonyl (C=O) groups is 1. The number of nitrogens with zero attached hydrogens (tertiary/aromatic N) is 3. The van der Waals surface area contributed by atoms with Gasteiger partial charge in [-0.1, -0.05) is 65.9 Å². The van der Waals surface area contributed by atoms with Gasteiger partial charge in [-0.2, -0.15) is 0 Å². The fourth-order valence-electron chi connectivity index (χ4n) is 2.90. The van der Waals surface area contributed by atoms with Crippen molar-refractivity contribution in [2.24, 2.45) is 0 Å². The lowest BCUT2D eigenvalue weighted by Gasteiger charge is -2.25. The van der Waals surface area contributed by atoms with Crippen LogP contribution in [0.2, 0.25) is 0 Å². The maximum atomic E-state index is 13.4. The van der Waals surface area contributed by atoms with E-state index in [1.54, 1.807) is 36.0 Å². The molecule has 0 fully saturated rings. The Balaban J connectivity index is 1.88. The Morgan fingerprint density at radius 3 is 2.55 bits per heavy atom. The van der Waals surface area contributed by atoms with Crippen LogP contribution in [0.4, 0.5) is 10.8 Å². The van der Waals surface area contributed by atoms with Crippen LogP contribution in [0.1, 0.15) is 24.5 Å². The Kier molecular flexibility index (Phi) is 7.69. The van der Waals surface area contributed by atoms with E-state index in [1.165, 1.54) is 23.5 Å². The molecule has 1 amide bonds. The predicted octanol–water partition coefficient (Wildman–Crippen LogP) is 4.49. The van der Waals surface area contributed by atoms with Crippen molar-refractivity contribution in [3.8, 4) is 0 Å². The second-order valence-electron chi connectivity index (χ2n) is 6.88. The standard InChI is InChI=1S/C21H24N4O3S3/c1-4-12-29-21-24-23-20(30-21)22-19(26)14-25(18-11-10-15(2)13-16(18)3)31(27,28)17-8-6-5-7-9-17/h5-11,13H,4,12,14H2,1-3H3,(H,22,23,26). The van der Waals surface area contributed by atoms with Gasteiger partial charge in [-0.3, -0.25) is 14.4 Å². The van der Waals surface area contributed by atoms with Crippen molar-refractivity contribution in [1.29, 1.82) is 0 Å².